The molecule has 3 rings (SSSR count). The highest BCUT2D eigenvalue weighted by Crippen LogP contribution is 2.37. The third-order valence-electron chi connectivity index (χ3n) is 5.23. The Balaban J connectivity index is 1.69. The number of hydrogen-bond acceptors (Lipinski definition) is 4. The fourth-order valence-corrected chi connectivity index (χ4v) is 3.74. The fraction of sp³-hybridized carbons (Fsp3) is 0.417. The molecule has 0 aliphatic carbocycles. The maximum Gasteiger partial charge on any atom is 0.254 e. The van der Waals surface area contributed by atoms with E-state index in [-0.39, 0.29) is 11.8 Å². The number of methoxy groups -OCH3 is 1. The molecule has 6 nitrogen and oxygen atoms in total. The van der Waals surface area contributed by atoms with Crippen LogP contribution in [0, 0.1) is 0 Å². The molecule has 6 heteroatoms. The number of rotatable bonds is 10. The van der Waals surface area contributed by atoms with E-state index in [1.807, 2.05) is 30.3 Å². The van der Waals surface area contributed by atoms with Crippen molar-refractivity contribution in [2.24, 2.45) is 0 Å². The minimum absolute atomic E-state index is 0.0925. The van der Waals surface area contributed by atoms with Crippen molar-refractivity contribution in [1.82, 2.24) is 5.32 Å². The van der Waals surface area contributed by atoms with Gasteiger partial charge < -0.3 is 19.7 Å². The molecule has 160 valence electrons. The molecular formula is C24H30N2O4. The summed E-state index contributed by atoms with van der Waals surface area (Å²) in [4.78, 5) is 26.5. The molecule has 1 atom stereocenters. The highest BCUT2D eigenvalue weighted by atomic mass is 16.5. The van der Waals surface area contributed by atoms with Crippen molar-refractivity contribution in [3.8, 4) is 11.5 Å². The lowest BCUT2D eigenvalue weighted by Crippen LogP contribution is -2.37. The summed E-state index contributed by atoms with van der Waals surface area (Å²) < 4.78 is 11.1. The monoisotopic (exact) mass is 410 g/mol. The molecule has 1 aliphatic rings. The molecule has 1 aliphatic heterocycles. The predicted octanol–water partition coefficient (Wildman–Crippen LogP) is 4.03. The number of benzene rings is 2. The number of unbranched alkanes of at least 4 members (excludes halogenated alkanes) is 1. The van der Waals surface area contributed by atoms with Crippen LogP contribution in [0.25, 0.3) is 0 Å². The second kappa shape index (κ2) is 10.1. The lowest BCUT2D eigenvalue weighted by molar-refractivity contribution is -0.126. The third-order valence-corrected chi connectivity index (χ3v) is 5.23. The van der Waals surface area contributed by atoms with E-state index in [0.717, 1.165) is 30.5 Å². The second-order valence-corrected chi connectivity index (χ2v) is 7.47. The number of anilines is 1. The van der Waals surface area contributed by atoms with Crippen LogP contribution in [0.5, 0.6) is 11.5 Å². The number of carbonyl (C=O) groups is 2. The average Bonchev–Trinajstić information content (AvgIpc) is 3.00. The van der Waals surface area contributed by atoms with E-state index < -0.39 is 6.04 Å². The molecule has 0 radical (unpaired) electrons. The second-order valence-electron chi connectivity index (χ2n) is 7.47. The quantitative estimate of drug-likeness (QED) is 0.601. The van der Waals surface area contributed by atoms with Gasteiger partial charge >= 0.3 is 0 Å². The van der Waals surface area contributed by atoms with E-state index in [2.05, 4.69) is 24.4 Å². The average molecular weight is 411 g/mol. The van der Waals surface area contributed by atoms with Crippen LogP contribution < -0.4 is 19.7 Å². The number of hydrogen-bond donors (Lipinski definition) is 1. The zero-order chi connectivity index (χ0) is 21.5. The summed E-state index contributed by atoms with van der Waals surface area (Å²) in [5.41, 5.74) is 2.95. The predicted molar refractivity (Wildman–Crippen MR) is 117 cm³/mol. The number of para-hydroxylation sites is 2. The zero-order valence-corrected chi connectivity index (χ0v) is 17.9. The molecule has 0 unspecified atom stereocenters. The van der Waals surface area contributed by atoms with Crippen LogP contribution in [0.1, 0.15) is 50.3 Å². The van der Waals surface area contributed by atoms with E-state index in [9.17, 15) is 9.59 Å². The minimum atomic E-state index is -0.616. The molecule has 1 heterocycles. The Morgan fingerprint density at radius 2 is 1.90 bits per heavy atom. The highest BCUT2D eigenvalue weighted by molar-refractivity contribution is 6.06. The van der Waals surface area contributed by atoms with Crippen LogP contribution in [0.2, 0.25) is 0 Å². The summed E-state index contributed by atoms with van der Waals surface area (Å²) in [6.07, 6.45) is 3.84. The summed E-state index contributed by atoms with van der Waals surface area (Å²) >= 11 is 0. The Morgan fingerprint density at radius 1 is 1.13 bits per heavy atom. The Bertz CT molecular complexity index is 897. The number of carbonyl (C=O) groups excluding carboxylic acids is 2. The Hall–Kier alpha value is -3.02. The normalized spacial score (nSPS) is 15.1. The van der Waals surface area contributed by atoms with Gasteiger partial charge in [0.1, 0.15) is 6.04 Å². The lowest BCUT2D eigenvalue weighted by atomic mass is 10.0. The van der Waals surface area contributed by atoms with Gasteiger partial charge in [-0.25, -0.2) is 0 Å². The van der Waals surface area contributed by atoms with E-state index in [4.69, 9.17) is 9.47 Å². The Kier molecular flexibility index (Phi) is 7.33. The number of nitrogens with zero attached hydrogens (tertiary/aromatic N) is 1. The maximum absolute atomic E-state index is 13.0. The van der Waals surface area contributed by atoms with Crippen LogP contribution in [-0.2, 0) is 16.0 Å². The molecule has 0 spiro atoms. The fourth-order valence-electron chi connectivity index (χ4n) is 3.74. The molecular weight excluding hydrogens is 380 g/mol. The molecule has 0 saturated heterocycles. The van der Waals surface area contributed by atoms with Crippen LogP contribution in [0.4, 0.5) is 5.69 Å². The van der Waals surface area contributed by atoms with Gasteiger partial charge in [0.25, 0.3) is 5.91 Å². The Labute approximate surface area is 178 Å². The van der Waals surface area contributed by atoms with Crippen LogP contribution in [0.3, 0.4) is 0 Å². The number of fused-ring (bicyclic) bond motifs is 1. The largest absolute Gasteiger partial charge is 0.493 e. The lowest BCUT2D eigenvalue weighted by Gasteiger charge is -2.18. The molecule has 30 heavy (non-hydrogen) atoms. The standard InChI is InChI=1S/C24H30N2O4/c1-4-5-9-18-12-13-20-19(16-18)23(25-17(2)27)24(28)26(20)14-8-15-30-22-11-7-6-10-21(22)29-3/h6-7,10-13,16,23H,4-5,8-9,14-15H2,1-3H3,(H,25,27)/t23-/m0/s1. The van der Waals surface area contributed by atoms with Crippen LogP contribution >= 0.6 is 0 Å². The van der Waals surface area contributed by atoms with Gasteiger partial charge in [-0.3, -0.25) is 9.59 Å². The van der Waals surface area contributed by atoms with Crippen molar-refractivity contribution in [1.29, 1.82) is 0 Å². The molecule has 2 amide bonds. The number of amides is 2. The van der Waals surface area contributed by atoms with Gasteiger partial charge in [-0.1, -0.05) is 37.6 Å². The van der Waals surface area contributed by atoms with Gasteiger partial charge in [0, 0.05) is 24.7 Å². The van der Waals surface area contributed by atoms with E-state index in [1.54, 1.807) is 12.0 Å². The first-order valence-corrected chi connectivity index (χ1v) is 10.5. The third kappa shape index (κ3) is 4.93. The maximum atomic E-state index is 13.0. The van der Waals surface area contributed by atoms with Crippen molar-refractivity contribution < 1.29 is 19.1 Å². The molecule has 0 saturated carbocycles. The van der Waals surface area contributed by atoms with Gasteiger partial charge in [-0.2, -0.15) is 0 Å². The first-order valence-electron chi connectivity index (χ1n) is 10.5. The smallest absolute Gasteiger partial charge is 0.254 e. The summed E-state index contributed by atoms with van der Waals surface area (Å²) in [6, 6.07) is 13.0. The first-order chi connectivity index (χ1) is 14.5. The number of aryl methyl sites for hydroxylation is 1. The van der Waals surface area contributed by atoms with Gasteiger partial charge in [0.2, 0.25) is 5.91 Å². The van der Waals surface area contributed by atoms with Crippen molar-refractivity contribution in [2.45, 2.75) is 45.6 Å². The van der Waals surface area contributed by atoms with Gasteiger partial charge in [0.15, 0.2) is 11.5 Å². The van der Waals surface area contributed by atoms with Gasteiger partial charge in [-0.15, -0.1) is 0 Å². The summed E-state index contributed by atoms with van der Waals surface area (Å²) in [5.74, 6) is 1.07. The van der Waals surface area contributed by atoms with E-state index in [1.165, 1.54) is 12.5 Å². The summed E-state index contributed by atoms with van der Waals surface area (Å²) in [7, 11) is 1.61. The molecule has 2 aromatic rings. The molecule has 0 fully saturated rings. The minimum Gasteiger partial charge on any atom is -0.493 e. The van der Waals surface area contributed by atoms with Crippen molar-refractivity contribution in [2.75, 3.05) is 25.2 Å². The van der Waals surface area contributed by atoms with Crippen molar-refractivity contribution in [3.05, 3.63) is 53.6 Å². The number of nitrogens with one attached hydrogen (secondary N) is 1. The van der Waals surface area contributed by atoms with E-state index in [0.29, 0.717) is 31.1 Å². The molecule has 1 N–H and O–H groups in total. The molecule has 0 bridgehead atoms. The van der Waals surface area contributed by atoms with Gasteiger partial charge in [-0.05, 0) is 43.0 Å². The van der Waals surface area contributed by atoms with Crippen molar-refractivity contribution in [3.63, 3.8) is 0 Å². The molecule has 2 aromatic carbocycles. The SMILES string of the molecule is CCCCc1ccc2c(c1)[C@H](NC(C)=O)C(=O)N2CCCOc1ccccc1OC. The highest BCUT2D eigenvalue weighted by Gasteiger charge is 2.37. The van der Waals surface area contributed by atoms with Crippen molar-refractivity contribution >= 4 is 17.5 Å². The summed E-state index contributed by atoms with van der Waals surface area (Å²) in [6.45, 7) is 4.58. The van der Waals surface area contributed by atoms with Gasteiger partial charge in [0.05, 0.1) is 13.7 Å². The Morgan fingerprint density at radius 3 is 2.60 bits per heavy atom. The summed E-state index contributed by atoms with van der Waals surface area (Å²) in [5, 5.41) is 2.81. The first kappa shape index (κ1) is 21.7. The van der Waals surface area contributed by atoms with E-state index >= 15 is 0 Å². The topological polar surface area (TPSA) is 67.9 Å². The number of ether oxygens (including phenoxy) is 2. The molecule has 0 aromatic heterocycles. The zero-order valence-electron chi connectivity index (χ0n) is 17.9. The van der Waals surface area contributed by atoms with Crippen LogP contribution in [-0.4, -0.2) is 32.1 Å². The van der Waals surface area contributed by atoms with Crippen LogP contribution in [0.15, 0.2) is 42.5 Å².